The third-order valence-electron chi connectivity index (χ3n) is 3.38. The molecule has 0 aliphatic heterocycles. The monoisotopic (exact) mass is 258 g/mol. The van der Waals surface area contributed by atoms with E-state index in [1.807, 2.05) is 19.1 Å². The first-order valence-corrected chi connectivity index (χ1v) is 6.50. The van der Waals surface area contributed by atoms with E-state index < -0.39 is 0 Å². The third kappa shape index (κ3) is 3.38. The van der Waals surface area contributed by atoms with Gasteiger partial charge in [0.25, 0.3) is 0 Å². The fourth-order valence-electron chi connectivity index (χ4n) is 2.30. The smallest absolute Gasteiger partial charge is 0.141 e. The maximum absolute atomic E-state index is 13.2. The molecule has 0 aliphatic rings. The second-order valence-corrected chi connectivity index (χ2v) is 4.90. The van der Waals surface area contributed by atoms with Crippen molar-refractivity contribution in [2.45, 2.75) is 32.9 Å². The quantitative estimate of drug-likeness (QED) is 0.898. The molecular formula is C16H19FN2. The van der Waals surface area contributed by atoms with Crippen molar-refractivity contribution < 1.29 is 4.39 Å². The van der Waals surface area contributed by atoms with Gasteiger partial charge in [-0.3, -0.25) is 4.98 Å². The molecule has 0 spiro atoms. The van der Waals surface area contributed by atoms with Gasteiger partial charge in [-0.25, -0.2) is 4.39 Å². The first kappa shape index (κ1) is 13.7. The molecule has 1 aromatic heterocycles. The number of hydrogen-bond acceptors (Lipinski definition) is 2. The number of benzene rings is 1. The first-order chi connectivity index (χ1) is 9.08. The van der Waals surface area contributed by atoms with Crippen molar-refractivity contribution >= 4 is 0 Å². The van der Waals surface area contributed by atoms with E-state index in [1.54, 1.807) is 6.20 Å². The van der Waals surface area contributed by atoms with Crippen molar-refractivity contribution in [3.63, 3.8) is 0 Å². The Hall–Kier alpha value is -1.74. The van der Waals surface area contributed by atoms with Crippen LogP contribution in [0.25, 0.3) is 0 Å². The van der Waals surface area contributed by atoms with Gasteiger partial charge in [0.15, 0.2) is 0 Å². The molecule has 1 aromatic carbocycles. The van der Waals surface area contributed by atoms with Crippen LogP contribution in [0.15, 0.2) is 42.7 Å². The van der Waals surface area contributed by atoms with Crippen molar-refractivity contribution in [1.82, 2.24) is 10.3 Å². The summed E-state index contributed by atoms with van der Waals surface area (Å²) in [7, 11) is 0. The van der Waals surface area contributed by atoms with Gasteiger partial charge < -0.3 is 5.32 Å². The van der Waals surface area contributed by atoms with Crippen LogP contribution in [0, 0.1) is 12.7 Å². The van der Waals surface area contributed by atoms with Crippen LogP contribution in [0.2, 0.25) is 0 Å². The molecule has 1 heterocycles. The Morgan fingerprint density at radius 1 is 1.11 bits per heavy atom. The number of aryl methyl sites for hydroxylation is 1. The summed E-state index contributed by atoms with van der Waals surface area (Å²) in [6.45, 7) is 6.23. The lowest BCUT2D eigenvalue weighted by atomic mass is 10.0. The van der Waals surface area contributed by atoms with E-state index in [1.165, 1.54) is 23.4 Å². The van der Waals surface area contributed by atoms with Crippen molar-refractivity contribution in [3.8, 4) is 0 Å². The Kier molecular flexibility index (Phi) is 4.27. The molecule has 19 heavy (non-hydrogen) atoms. The second kappa shape index (κ2) is 5.93. The Bertz CT molecular complexity index is 554. The molecule has 3 heteroatoms. The van der Waals surface area contributed by atoms with Gasteiger partial charge in [0, 0.05) is 18.3 Å². The van der Waals surface area contributed by atoms with E-state index in [-0.39, 0.29) is 17.9 Å². The maximum atomic E-state index is 13.2. The van der Waals surface area contributed by atoms with E-state index in [4.69, 9.17) is 0 Å². The minimum absolute atomic E-state index is 0.0535. The van der Waals surface area contributed by atoms with E-state index in [0.29, 0.717) is 0 Å². The Balaban J connectivity index is 2.11. The molecule has 1 unspecified atom stereocenters. The summed E-state index contributed by atoms with van der Waals surface area (Å²) in [4.78, 5) is 3.89. The van der Waals surface area contributed by atoms with Gasteiger partial charge in [-0.15, -0.1) is 0 Å². The molecule has 0 fully saturated rings. The van der Waals surface area contributed by atoms with E-state index in [0.717, 1.165) is 5.56 Å². The standard InChI is InChI=1S/C16H19FN2/c1-11-6-4-5-7-16(11)13(3)19-12(2)14-8-15(17)10-18-9-14/h4-10,12-13,19H,1-3H3/t12?,13-/m1/s1. The van der Waals surface area contributed by atoms with Crippen LogP contribution in [0.3, 0.4) is 0 Å². The molecule has 2 nitrogen and oxygen atoms in total. The van der Waals surface area contributed by atoms with Crippen LogP contribution in [0.5, 0.6) is 0 Å². The van der Waals surface area contributed by atoms with Gasteiger partial charge in [-0.05, 0) is 43.5 Å². The van der Waals surface area contributed by atoms with Gasteiger partial charge in [0.2, 0.25) is 0 Å². The van der Waals surface area contributed by atoms with Crippen LogP contribution in [-0.2, 0) is 0 Å². The Morgan fingerprint density at radius 2 is 1.84 bits per heavy atom. The highest BCUT2D eigenvalue weighted by atomic mass is 19.1. The van der Waals surface area contributed by atoms with Crippen LogP contribution in [-0.4, -0.2) is 4.98 Å². The molecule has 100 valence electrons. The predicted octanol–water partition coefficient (Wildman–Crippen LogP) is 3.94. The number of nitrogens with one attached hydrogen (secondary N) is 1. The molecule has 0 saturated heterocycles. The SMILES string of the molecule is Cc1ccccc1[C@@H](C)NC(C)c1cncc(F)c1. The minimum Gasteiger partial charge on any atom is -0.304 e. The molecular weight excluding hydrogens is 239 g/mol. The number of hydrogen-bond donors (Lipinski definition) is 1. The lowest BCUT2D eigenvalue weighted by molar-refractivity contribution is 0.489. The molecule has 0 radical (unpaired) electrons. The normalized spacial score (nSPS) is 14.1. The number of pyridine rings is 1. The fraction of sp³-hybridized carbons (Fsp3) is 0.312. The summed E-state index contributed by atoms with van der Waals surface area (Å²) in [5.74, 6) is -0.297. The molecule has 2 rings (SSSR count). The number of nitrogens with zero attached hydrogens (tertiary/aromatic N) is 1. The zero-order chi connectivity index (χ0) is 13.8. The largest absolute Gasteiger partial charge is 0.304 e. The topological polar surface area (TPSA) is 24.9 Å². The highest BCUT2D eigenvalue weighted by molar-refractivity contribution is 5.28. The molecule has 0 bridgehead atoms. The second-order valence-electron chi connectivity index (χ2n) is 4.90. The highest BCUT2D eigenvalue weighted by Crippen LogP contribution is 2.21. The average molecular weight is 258 g/mol. The predicted molar refractivity (Wildman–Crippen MR) is 75.3 cm³/mol. The summed E-state index contributed by atoms with van der Waals surface area (Å²) in [6.07, 6.45) is 2.92. The van der Waals surface area contributed by atoms with Crippen molar-refractivity contribution in [3.05, 3.63) is 65.2 Å². The van der Waals surface area contributed by atoms with Crippen LogP contribution < -0.4 is 5.32 Å². The molecule has 1 N–H and O–H groups in total. The average Bonchev–Trinajstić information content (AvgIpc) is 2.39. The Labute approximate surface area is 113 Å². The lowest BCUT2D eigenvalue weighted by Gasteiger charge is -2.22. The number of halogens is 1. The zero-order valence-electron chi connectivity index (χ0n) is 11.5. The third-order valence-corrected chi connectivity index (χ3v) is 3.38. The van der Waals surface area contributed by atoms with Gasteiger partial charge in [0.1, 0.15) is 5.82 Å². The lowest BCUT2D eigenvalue weighted by Crippen LogP contribution is -2.23. The van der Waals surface area contributed by atoms with Crippen molar-refractivity contribution in [2.24, 2.45) is 0 Å². The summed E-state index contributed by atoms with van der Waals surface area (Å²) in [6, 6.07) is 10.1. The van der Waals surface area contributed by atoms with Gasteiger partial charge in [-0.1, -0.05) is 24.3 Å². The molecule has 2 atom stereocenters. The summed E-state index contributed by atoms with van der Waals surface area (Å²) >= 11 is 0. The van der Waals surface area contributed by atoms with E-state index in [9.17, 15) is 4.39 Å². The number of rotatable bonds is 4. The summed E-state index contributed by atoms with van der Waals surface area (Å²) < 4.78 is 13.2. The van der Waals surface area contributed by atoms with Gasteiger partial charge in [0.05, 0.1) is 6.20 Å². The van der Waals surface area contributed by atoms with E-state index >= 15 is 0 Å². The zero-order valence-corrected chi connectivity index (χ0v) is 11.5. The molecule has 0 amide bonds. The summed E-state index contributed by atoms with van der Waals surface area (Å²) in [5.41, 5.74) is 3.38. The van der Waals surface area contributed by atoms with E-state index in [2.05, 4.69) is 36.3 Å². The minimum atomic E-state index is -0.297. The first-order valence-electron chi connectivity index (χ1n) is 6.50. The van der Waals surface area contributed by atoms with Crippen LogP contribution in [0.4, 0.5) is 4.39 Å². The van der Waals surface area contributed by atoms with Crippen molar-refractivity contribution in [1.29, 1.82) is 0 Å². The molecule has 0 saturated carbocycles. The molecule has 2 aromatic rings. The Morgan fingerprint density at radius 3 is 2.53 bits per heavy atom. The highest BCUT2D eigenvalue weighted by Gasteiger charge is 2.13. The van der Waals surface area contributed by atoms with Crippen LogP contribution >= 0.6 is 0 Å². The van der Waals surface area contributed by atoms with Crippen LogP contribution in [0.1, 0.15) is 42.6 Å². The van der Waals surface area contributed by atoms with Gasteiger partial charge >= 0.3 is 0 Å². The van der Waals surface area contributed by atoms with Crippen molar-refractivity contribution in [2.75, 3.05) is 0 Å². The maximum Gasteiger partial charge on any atom is 0.141 e. The summed E-state index contributed by atoms with van der Waals surface area (Å²) in [5, 5.41) is 3.47. The number of aromatic nitrogens is 1. The molecule has 0 aliphatic carbocycles. The van der Waals surface area contributed by atoms with Gasteiger partial charge in [-0.2, -0.15) is 0 Å². The fourth-order valence-corrected chi connectivity index (χ4v) is 2.30.